The maximum Gasteiger partial charge on any atom is 0.354 e. The molecule has 1 aromatic carbocycles. The van der Waals surface area contributed by atoms with E-state index in [0.717, 1.165) is 5.56 Å². The summed E-state index contributed by atoms with van der Waals surface area (Å²) in [5.74, 6) is -1.37. The summed E-state index contributed by atoms with van der Waals surface area (Å²) in [6, 6.07) is 11.1. The minimum atomic E-state index is -1.11. The number of rotatable bonds is 2. The van der Waals surface area contributed by atoms with E-state index < -0.39 is 17.4 Å². The lowest BCUT2D eigenvalue weighted by molar-refractivity contribution is -0.128. The molecule has 5 heteroatoms. The van der Waals surface area contributed by atoms with Crippen LogP contribution in [0.2, 0.25) is 0 Å². The lowest BCUT2D eigenvalue weighted by Gasteiger charge is -2.30. The Morgan fingerprint density at radius 2 is 1.73 bits per heavy atom. The Hall–Kier alpha value is -2.82. The molecule has 22 heavy (non-hydrogen) atoms. The van der Waals surface area contributed by atoms with Crippen LogP contribution in [0, 0.1) is 0 Å². The van der Waals surface area contributed by atoms with Crippen molar-refractivity contribution in [2.45, 2.75) is 19.6 Å². The topological polar surface area (TPSA) is 65.7 Å². The average molecular weight is 298 g/mol. The fourth-order valence-electron chi connectivity index (χ4n) is 2.14. The zero-order valence-electron chi connectivity index (χ0n) is 12.2. The highest BCUT2D eigenvalue weighted by atomic mass is 16.7. The summed E-state index contributed by atoms with van der Waals surface area (Å²) < 4.78 is 15.7. The second kappa shape index (κ2) is 5.18. The van der Waals surface area contributed by atoms with Gasteiger partial charge < -0.3 is 13.9 Å². The molecule has 0 N–H and O–H groups in total. The van der Waals surface area contributed by atoms with Gasteiger partial charge in [0.25, 0.3) is 0 Å². The molecule has 0 saturated heterocycles. The molecule has 1 aliphatic heterocycles. The van der Waals surface area contributed by atoms with Gasteiger partial charge in [0.05, 0.1) is 0 Å². The summed E-state index contributed by atoms with van der Waals surface area (Å²) in [6.07, 6.45) is 3.45. The summed E-state index contributed by atoms with van der Waals surface area (Å²) in [4.78, 5) is 23.8. The lowest BCUT2D eigenvalue weighted by Crippen LogP contribution is -2.41. The van der Waals surface area contributed by atoms with Gasteiger partial charge in [0.1, 0.15) is 11.5 Å². The Kier molecular flexibility index (Phi) is 3.33. The number of fused-ring (bicyclic) bond motifs is 1. The van der Waals surface area contributed by atoms with Crippen molar-refractivity contribution >= 4 is 18.1 Å². The fourth-order valence-corrected chi connectivity index (χ4v) is 2.14. The van der Waals surface area contributed by atoms with Gasteiger partial charge in [0.2, 0.25) is 5.79 Å². The van der Waals surface area contributed by atoms with E-state index in [-0.39, 0.29) is 11.3 Å². The highest BCUT2D eigenvalue weighted by Crippen LogP contribution is 2.30. The van der Waals surface area contributed by atoms with Gasteiger partial charge in [-0.3, -0.25) is 0 Å². The number of hydrogen-bond acceptors (Lipinski definition) is 5. The first-order valence-corrected chi connectivity index (χ1v) is 6.78. The van der Waals surface area contributed by atoms with Crippen LogP contribution < -0.4 is 10.4 Å². The van der Waals surface area contributed by atoms with Crippen molar-refractivity contribution < 1.29 is 18.7 Å². The van der Waals surface area contributed by atoms with Gasteiger partial charge in [-0.15, -0.1) is 0 Å². The van der Waals surface area contributed by atoms with Crippen molar-refractivity contribution in [3.63, 3.8) is 0 Å². The number of hydrogen-bond donors (Lipinski definition) is 0. The van der Waals surface area contributed by atoms with E-state index in [0.29, 0.717) is 5.76 Å². The van der Waals surface area contributed by atoms with Crippen LogP contribution in [-0.4, -0.2) is 11.8 Å². The molecule has 0 radical (unpaired) electrons. The number of carbonyl (C=O) groups excluding carboxylic acids is 1. The smallest absolute Gasteiger partial charge is 0.354 e. The molecule has 0 bridgehead atoms. The molecule has 0 amide bonds. The molecular weight excluding hydrogens is 284 g/mol. The number of esters is 1. The van der Waals surface area contributed by atoms with Gasteiger partial charge in [-0.2, -0.15) is 0 Å². The van der Waals surface area contributed by atoms with E-state index in [4.69, 9.17) is 13.9 Å². The zero-order valence-corrected chi connectivity index (χ0v) is 12.2. The maximum absolute atomic E-state index is 11.9. The Morgan fingerprint density at radius 3 is 2.45 bits per heavy atom. The average Bonchev–Trinajstić information content (AvgIpc) is 2.44. The Morgan fingerprint density at radius 1 is 1.00 bits per heavy atom. The lowest BCUT2D eigenvalue weighted by atomic mass is 10.1. The van der Waals surface area contributed by atoms with Crippen LogP contribution in [0.15, 0.2) is 45.6 Å². The molecule has 0 atom stereocenters. The van der Waals surface area contributed by atoms with E-state index in [2.05, 4.69) is 0 Å². The van der Waals surface area contributed by atoms with Crippen LogP contribution in [0.4, 0.5) is 0 Å². The molecule has 5 nitrogen and oxygen atoms in total. The summed E-state index contributed by atoms with van der Waals surface area (Å²) >= 11 is 0. The quantitative estimate of drug-likeness (QED) is 0.797. The minimum Gasteiger partial charge on any atom is -0.451 e. The number of ether oxygens (including phenoxy) is 2. The highest BCUT2D eigenvalue weighted by molar-refractivity contribution is 5.93. The molecule has 0 saturated carbocycles. The molecular formula is C17H14O5. The van der Waals surface area contributed by atoms with Crippen LogP contribution in [0.3, 0.4) is 0 Å². The minimum absolute atomic E-state index is 0.171. The molecule has 1 aromatic heterocycles. The van der Waals surface area contributed by atoms with Gasteiger partial charge in [0.15, 0.2) is 5.56 Å². The van der Waals surface area contributed by atoms with Gasteiger partial charge in [-0.1, -0.05) is 36.4 Å². The highest BCUT2D eigenvalue weighted by Gasteiger charge is 2.36. The SMILES string of the molecule is CC1(C)OC(=O)c2c(cc(/C=C/c3ccccc3)oc2=O)O1. The summed E-state index contributed by atoms with van der Waals surface area (Å²) in [5.41, 5.74) is -0.0228. The monoisotopic (exact) mass is 298 g/mol. The molecule has 1 aliphatic rings. The third-order valence-electron chi connectivity index (χ3n) is 3.07. The fraction of sp³-hybridized carbons (Fsp3) is 0.176. The van der Waals surface area contributed by atoms with Crippen molar-refractivity contribution in [3.8, 4) is 5.75 Å². The first-order valence-electron chi connectivity index (χ1n) is 6.78. The van der Waals surface area contributed by atoms with Crippen LogP contribution in [0.1, 0.15) is 35.5 Å². The first-order chi connectivity index (χ1) is 10.4. The zero-order chi connectivity index (χ0) is 15.7. The van der Waals surface area contributed by atoms with Crippen molar-refractivity contribution in [3.05, 3.63) is 63.7 Å². The Labute approximate surface area is 126 Å². The van der Waals surface area contributed by atoms with Crippen LogP contribution in [-0.2, 0) is 4.74 Å². The van der Waals surface area contributed by atoms with Crippen LogP contribution in [0.5, 0.6) is 5.75 Å². The number of carbonyl (C=O) groups is 1. The molecule has 3 rings (SSSR count). The predicted molar refractivity (Wildman–Crippen MR) is 80.5 cm³/mol. The van der Waals surface area contributed by atoms with Gasteiger partial charge in [-0.25, -0.2) is 9.59 Å². The van der Waals surface area contributed by atoms with Crippen LogP contribution in [0.25, 0.3) is 12.2 Å². The van der Waals surface area contributed by atoms with Gasteiger partial charge >= 0.3 is 11.6 Å². The van der Waals surface area contributed by atoms with Crippen molar-refractivity contribution in [2.75, 3.05) is 0 Å². The Bertz CT molecular complexity index is 800. The summed E-state index contributed by atoms with van der Waals surface area (Å²) in [7, 11) is 0. The molecule has 2 aromatic rings. The maximum atomic E-state index is 11.9. The molecule has 2 heterocycles. The molecule has 0 unspecified atom stereocenters. The molecule has 0 spiro atoms. The summed E-state index contributed by atoms with van der Waals surface area (Å²) in [5, 5.41) is 0. The first kappa shape index (κ1) is 14.1. The third kappa shape index (κ3) is 2.79. The summed E-state index contributed by atoms with van der Waals surface area (Å²) in [6.45, 7) is 3.20. The van der Waals surface area contributed by atoms with E-state index in [1.165, 1.54) is 6.07 Å². The normalized spacial score (nSPS) is 16.0. The molecule has 0 fully saturated rings. The van der Waals surface area contributed by atoms with Crippen molar-refractivity contribution in [2.24, 2.45) is 0 Å². The number of cyclic esters (lactones) is 1. The van der Waals surface area contributed by atoms with Crippen molar-refractivity contribution in [1.29, 1.82) is 0 Å². The predicted octanol–water partition coefficient (Wildman–Crippen LogP) is 3.10. The molecule has 0 aliphatic carbocycles. The molecule has 112 valence electrons. The van der Waals surface area contributed by atoms with Crippen LogP contribution >= 0.6 is 0 Å². The van der Waals surface area contributed by atoms with E-state index in [1.54, 1.807) is 26.0 Å². The van der Waals surface area contributed by atoms with Gasteiger partial charge in [-0.05, 0) is 11.6 Å². The second-order valence-electron chi connectivity index (χ2n) is 5.31. The van der Waals surface area contributed by atoms with Crippen molar-refractivity contribution in [1.82, 2.24) is 0 Å². The number of benzene rings is 1. The van der Waals surface area contributed by atoms with Gasteiger partial charge in [0, 0.05) is 19.9 Å². The largest absolute Gasteiger partial charge is 0.451 e. The standard InChI is InChI=1S/C17H14O5/c1-17(2)21-13-10-12(9-8-11-6-4-3-5-7-11)20-15(18)14(13)16(19)22-17/h3-10H,1-2H3/b9-8+. The van der Waals surface area contributed by atoms with E-state index in [9.17, 15) is 9.59 Å². The van der Waals surface area contributed by atoms with E-state index >= 15 is 0 Å². The Balaban J connectivity index is 1.99. The second-order valence-corrected chi connectivity index (χ2v) is 5.31. The third-order valence-corrected chi connectivity index (χ3v) is 3.07. The van der Waals surface area contributed by atoms with E-state index in [1.807, 2.05) is 30.3 Å².